The second-order valence-electron chi connectivity index (χ2n) is 7.64. The summed E-state index contributed by atoms with van der Waals surface area (Å²) in [6.45, 7) is 6.02. The van der Waals surface area contributed by atoms with Crippen LogP contribution in [0.1, 0.15) is 29.9 Å². The molecule has 0 amide bonds. The minimum absolute atomic E-state index is 0.509. The van der Waals surface area contributed by atoms with Crippen molar-refractivity contribution in [2.75, 3.05) is 37.6 Å². The van der Waals surface area contributed by atoms with E-state index in [1.807, 2.05) is 6.07 Å². The first-order valence-corrected chi connectivity index (χ1v) is 10.1. The van der Waals surface area contributed by atoms with Crippen LogP contribution >= 0.6 is 11.6 Å². The zero-order valence-corrected chi connectivity index (χ0v) is 16.0. The summed E-state index contributed by atoms with van der Waals surface area (Å²) in [6.07, 6.45) is 2.56. The monoisotopic (exact) mass is 369 g/mol. The van der Waals surface area contributed by atoms with E-state index < -0.39 is 0 Å². The highest BCUT2D eigenvalue weighted by Gasteiger charge is 2.33. The van der Waals surface area contributed by atoms with Gasteiger partial charge in [0.15, 0.2) is 0 Å². The molecule has 2 N–H and O–H groups in total. The van der Waals surface area contributed by atoms with E-state index in [1.165, 1.54) is 29.7 Å². The van der Waals surface area contributed by atoms with Gasteiger partial charge in [-0.25, -0.2) is 0 Å². The summed E-state index contributed by atoms with van der Waals surface area (Å²) in [5.41, 5.74) is 10.1. The zero-order chi connectivity index (χ0) is 17.9. The maximum atomic E-state index is 6.63. The molecule has 2 saturated heterocycles. The molecule has 2 aromatic carbocycles. The van der Waals surface area contributed by atoms with E-state index in [4.69, 9.17) is 17.3 Å². The number of hydrogen-bond donors (Lipinski definition) is 1. The van der Waals surface area contributed by atoms with Crippen LogP contribution in [0.25, 0.3) is 0 Å². The third-order valence-corrected chi connectivity index (χ3v) is 6.32. The van der Waals surface area contributed by atoms with E-state index in [1.54, 1.807) is 0 Å². The predicted octanol–water partition coefficient (Wildman–Crippen LogP) is 4.11. The van der Waals surface area contributed by atoms with Crippen LogP contribution in [0.4, 0.5) is 5.69 Å². The van der Waals surface area contributed by atoms with Crippen molar-refractivity contribution in [2.24, 2.45) is 11.7 Å². The Bertz CT molecular complexity index is 727. The quantitative estimate of drug-likeness (QED) is 0.860. The zero-order valence-electron chi connectivity index (χ0n) is 15.3. The molecule has 3 nitrogen and oxygen atoms in total. The first kappa shape index (κ1) is 17.8. The van der Waals surface area contributed by atoms with Gasteiger partial charge in [-0.1, -0.05) is 48.0 Å². The molecular weight excluding hydrogens is 342 g/mol. The molecule has 2 aliphatic rings. The summed E-state index contributed by atoms with van der Waals surface area (Å²) >= 11 is 6.63. The highest BCUT2D eigenvalue weighted by atomic mass is 35.5. The molecule has 4 heteroatoms. The van der Waals surface area contributed by atoms with E-state index in [0.717, 1.165) is 44.3 Å². The molecule has 0 unspecified atom stereocenters. The average molecular weight is 370 g/mol. The van der Waals surface area contributed by atoms with Crippen LogP contribution in [-0.4, -0.2) is 37.6 Å². The largest absolute Gasteiger partial charge is 0.371 e. The molecule has 2 aliphatic heterocycles. The van der Waals surface area contributed by atoms with Crippen LogP contribution in [-0.2, 0) is 6.54 Å². The van der Waals surface area contributed by atoms with Crippen LogP contribution in [0.3, 0.4) is 0 Å². The molecule has 26 heavy (non-hydrogen) atoms. The van der Waals surface area contributed by atoms with Crippen LogP contribution < -0.4 is 10.6 Å². The summed E-state index contributed by atoms with van der Waals surface area (Å²) in [4.78, 5) is 5.03. The van der Waals surface area contributed by atoms with Gasteiger partial charge in [0.25, 0.3) is 0 Å². The highest BCUT2D eigenvalue weighted by Crippen LogP contribution is 2.36. The van der Waals surface area contributed by atoms with Gasteiger partial charge >= 0.3 is 0 Å². The summed E-state index contributed by atoms with van der Waals surface area (Å²) in [5.74, 6) is 1.02. The Morgan fingerprint density at radius 2 is 1.73 bits per heavy atom. The summed E-state index contributed by atoms with van der Waals surface area (Å²) in [5, 5.41) is 0.891. The molecule has 2 aromatic rings. The lowest BCUT2D eigenvalue weighted by atomic mass is 9.89. The van der Waals surface area contributed by atoms with Crippen molar-refractivity contribution in [3.8, 4) is 0 Å². The van der Waals surface area contributed by atoms with Crippen molar-refractivity contribution in [3.63, 3.8) is 0 Å². The minimum atomic E-state index is 0.509. The van der Waals surface area contributed by atoms with Crippen molar-refractivity contribution >= 4 is 17.3 Å². The molecule has 4 rings (SSSR count). The molecule has 2 fully saturated rings. The Balaban J connectivity index is 1.55. The number of benzene rings is 2. The first-order valence-electron chi connectivity index (χ1n) is 9.76. The highest BCUT2D eigenvalue weighted by molar-refractivity contribution is 6.31. The Morgan fingerprint density at radius 1 is 0.962 bits per heavy atom. The fourth-order valence-electron chi connectivity index (χ4n) is 4.59. The topological polar surface area (TPSA) is 32.5 Å². The minimum Gasteiger partial charge on any atom is -0.371 e. The maximum Gasteiger partial charge on any atom is 0.0471 e. The van der Waals surface area contributed by atoms with Crippen LogP contribution in [0.15, 0.2) is 48.5 Å². The summed E-state index contributed by atoms with van der Waals surface area (Å²) in [6, 6.07) is 17.2. The van der Waals surface area contributed by atoms with Crippen molar-refractivity contribution in [2.45, 2.75) is 25.3 Å². The van der Waals surface area contributed by atoms with Gasteiger partial charge in [-0.3, -0.25) is 4.90 Å². The Hall–Kier alpha value is -1.55. The van der Waals surface area contributed by atoms with Crippen molar-refractivity contribution < 1.29 is 0 Å². The van der Waals surface area contributed by atoms with Crippen molar-refractivity contribution in [1.29, 1.82) is 0 Å². The standard InChI is InChI=1S/C22H28ClN3/c23-21-9-6-10-22(26-11-4-5-12-26)20(21)16-25-14-18(13-24)19(15-25)17-7-2-1-3-8-17/h1-3,6-10,18-19H,4-5,11-16,24H2/t18-,19+/m1/s1. The molecular formula is C22H28ClN3. The normalized spacial score (nSPS) is 23.7. The number of anilines is 1. The Morgan fingerprint density at radius 3 is 2.46 bits per heavy atom. The van der Waals surface area contributed by atoms with Gasteiger partial charge in [-0.15, -0.1) is 0 Å². The van der Waals surface area contributed by atoms with Crippen molar-refractivity contribution in [3.05, 3.63) is 64.7 Å². The fraction of sp³-hybridized carbons (Fsp3) is 0.455. The van der Waals surface area contributed by atoms with E-state index in [0.29, 0.717) is 11.8 Å². The molecule has 0 aromatic heterocycles. The Kier molecular flexibility index (Phi) is 5.49. The second kappa shape index (κ2) is 7.99. The average Bonchev–Trinajstić information content (AvgIpc) is 3.34. The van der Waals surface area contributed by atoms with Gasteiger partial charge in [0, 0.05) is 54.9 Å². The third-order valence-electron chi connectivity index (χ3n) is 5.97. The summed E-state index contributed by atoms with van der Waals surface area (Å²) in [7, 11) is 0. The molecule has 0 saturated carbocycles. The lowest BCUT2D eigenvalue weighted by Crippen LogP contribution is -2.25. The molecule has 0 radical (unpaired) electrons. The molecule has 0 aliphatic carbocycles. The first-order chi connectivity index (χ1) is 12.8. The number of halogens is 1. The van der Waals surface area contributed by atoms with Gasteiger partial charge in [0.2, 0.25) is 0 Å². The van der Waals surface area contributed by atoms with Gasteiger partial charge in [-0.05, 0) is 43.0 Å². The molecule has 0 spiro atoms. The second-order valence-corrected chi connectivity index (χ2v) is 8.05. The lowest BCUT2D eigenvalue weighted by molar-refractivity contribution is 0.317. The SMILES string of the molecule is NC[C@@H]1CN(Cc2c(Cl)cccc2N2CCCC2)C[C@H]1c1ccccc1. The van der Waals surface area contributed by atoms with Crippen LogP contribution in [0.2, 0.25) is 5.02 Å². The Labute approximate surface area is 161 Å². The van der Waals surface area contributed by atoms with Gasteiger partial charge < -0.3 is 10.6 Å². The number of hydrogen-bond acceptors (Lipinski definition) is 3. The smallest absolute Gasteiger partial charge is 0.0471 e. The van der Waals surface area contributed by atoms with E-state index >= 15 is 0 Å². The molecule has 2 atom stereocenters. The number of nitrogens with zero attached hydrogens (tertiary/aromatic N) is 2. The number of rotatable bonds is 5. The number of nitrogens with two attached hydrogens (primary N) is 1. The van der Waals surface area contributed by atoms with E-state index in [9.17, 15) is 0 Å². The predicted molar refractivity (Wildman–Crippen MR) is 110 cm³/mol. The van der Waals surface area contributed by atoms with Gasteiger partial charge in [-0.2, -0.15) is 0 Å². The maximum absolute atomic E-state index is 6.63. The molecule has 138 valence electrons. The van der Waals surface area contributed by atoms with Gasteiger partial charge in [0.05, 0.1) is 0 Å². The van der Waals surface area contributed by atoms with Crippen LogP contribution in [0, 0.1) is 5.92 Å². The van der Waals surface area contributed by atoms with Crippen molar-refractivity contribution in [1.82, 2.24) is 4.90 Å². The molecule has 2 heterocycles. The van der Waals surface area contributed by atoms with E-state index in [2.05, 4.69) is 52.3 Å². The lowest BCUT2D eigenvalue weighted by Gasteiger charge is -2.25. The van der Waals surface area contributed by atoms with E-state index in [-0.39, 0.29) is 0 Å². The number of likely N-dealkylation sites (tertiary alicyclic amines) is 1. The van der Waals surface area contributed by atoms with Crippen LogP contribution in [0.5, 0.6) is 0 Å². The third kappa shape index (κ3) is 3.62. The van der Waals surface area contributed by atoms with Gasteiger partial charge in [0.1, 0.15) is 0 Å². The fourth-order valence-corrected chi connectivity index (χ4v) is 4.82. The molecule has 0 bridgehead atoms. The summed E-state index contributed by atoms with van der Waals surface area (Å²) < 4.78 is 0.